The number of nitrogens with zero attached hydrogens (tertiary/aromatic N) is 8. The van der Waals surface area contributed by atoms with Gasteiger partial charge in [-0.2, -0.15) is 0 Å². The van der Waals surface area contributed by atoms with Gasteiger partial charge in [0.15, 0.2) is 11.3 Å². The second-order valence-electron chi connectivity index (χ2n) is 9.21. The van der Waals surface area contributed by atoms with Crippen molar-refractivity contribution >= 4 is 28.5 Å². The molecule has 0 atom stereocenters. The van der Waals surface area contributed by atoms with Crippen LogP contribution in [0.4, 0.5) is 21.8 Å². The van der Waals surface area contributed by atoms with Gasteiger partial charge in [-0.15, -0.1) is 0 Å². The molecule has 0 bridgehead atoms. The summed E-state index contributed by atoms with van der Waals surface area (Å²) in [6.07, 6.45) is 2.96. The number of rotatable bonds is 6. The highest BCUT2D eigenvalue weighted by Gasteiger charge is 2.20. The minimum Gasteiger partial charge on any atom is -0.479 e. The van der Waals surface area contributed by atoms with E-state index in [-0.39, 0.29) is 17.7 Å². The summed E-state index contributed by atoms with van der Waals surface area (Å²) in [5.41, 5.74) is 2.90. The molecule has 10 nitrogen and oxygen atoms in total. The zero-order valence-corrected chi connectivity index (χ0v) is 21.2. The Morgan fingerprint density at radius 2 is 1.81 bits per heavy atom. The first-order valence-corrected chi connectivity index (χ1v) is 12.0. The second kappa shape index (κ2) is 9.65. The average Bonchev–Trinajstić information content (AvgIpc) is 3.21. The summed E-state index contributed by atoms with van der Waals surface area (Å²) in [6.45, 7) is 10.0. The summed E-state index contributed by atoms with van der Waals surface area (Å²) in [6, 6.07) is 5.83. The molecule has 1 N–H and O–H groups in total. The summed E-state index contributed by atoms with van der Waals surface area (Å²) < 4.78 is 22.4. The number of aromatic nitrogens is 6. The Morgan fingerprint density at radius 1 is 1.03 bits per heavy atom. The van der Waals surface area contributed by atoms with Gasteiger partial charge in [-0.25, -0.2) is 29.3 Å². The lowest BCUT2D eigenvalue weighted by Crippen LogP contribution is -2.44. The molecule has 1 aliphatic rings. The number of likely N-dealkylation sites (N-methyl/N-ethyl adjacent to an activating group) is 1. The first-order chi connectivity index (χ1) is 17.3. The van der Waals surface area contributed by atoms with Gasteiger partial charge in [0.1, 0.15) is 17.3 Å². The highest BCUT2D eigenvalue weighted by molar-refractivity contribution is 5.85. The van der Waals surface area contributed by atoms with Gasteiger partial charge in [0.05, 0.1) is 36.4 Å². The van der Waals surface area contributed by atoms with Gasteiger partial charge in [0, 0.05) is 32.2 Å². The molecular formula is C25H30FN9O. The first kappa shape index (κ1) is 23.9. The maximum absolute atomic E-state index is 14.9. The summed E-state index contributed by atoms with van der Waals surface area (Å²) >= 11 is 0. The van der Waals surface area contributed by atoms with E-state index in [1.807, 2.05) is 25.3 Å². The van der Waals surface area contributed by atoms with Crippen molar-refractivity contribution in [2.24, 2.45) is 0 Å². The third kappa shape index (κ3) is 4.53. The van der Waals surface area contributed by atoms with E-state index in [9.17, 15) is 4.39 Å². The van der Waals surface area contributed by atoms with Crippen LogP contribution in [0.15, 0.2) is 30.6 Å². The van der Waals surface area contributed by atoms with Crippen LogP contribution < -0.4 is 15.0 Å². The number of fused-ring (bicyclic) bond motifs is 1. The van der Waals surface area contributed by atoms with E-state index in [1.54, 1.807) is 6.07 Å². The molecule has 0 aromatic carbocycles. The smallest absolute Gasteiger partial charge is 0.242 e. The zero-order chi connectivity index (χ0) is 25.4. The third-order valence-electron chi connectivity index (χ3n) is 6.38. The highest BCUT2D eigenvalue weighted by Crippen LogP contribution is 2.32. The topological polar surface area (TPSA) is 97.1 Å². The lowest BCUT2D eigenvalue weighted by molar-refractivity contribution is 0.313. The van der Waals surface area contributed by atoms with E-state index in [4.69, 9.17) is 4.74 Å². The van der Waals surface area contributed by atoms with Crippen LogP contribution in [-0.4, -0.2) is 74.7 Å². The molecule has 5 heterocycles. The van der Waals surface area contributed by atoms with E-state index >= 15 is 0 Å². The molecule has 0 saturated carbocycles. The normalized spacial score (nSPS) is 14.6. The molecule has 4 aromatic rings. The van der Waals surface area contributed by atoms with E-state index in [0.717, 1.165) is 49.4 Å². The Bertz CT molecular complexity index is 1380. The maximum Gasteiger partial charge on any atom is 0.242 e. The number of hydrogen-bond donors (Lipinski definition) is 1. The van der Waals surface area contributed by atoms with Crippen LogP contribution in [0.5, 0.6) is 5.88 Å². The number of anilines is 3. The van der Waals surface area contributed by atoms with E-state index < -0.39 is 5.82 Å². The van der Waals surface area contributed by atoms with E-state index in [1.165, 1.54) is 7.11 Å². The first-order valence-electron chi connectivity index (χ1n) is 12.0. The van der Waals surface area contributed by atoms with Gasteiger partial charge in [-0.05, 0) is 46.0 Å². The molecule has 4 aromatic heterocycles. The summed E-state index contributed by atoms with van der Waals surface area (Å²) in [4.78, 5) is 26.8. The summed E-state index contributed by atoms with van der Waals surface area (Å²) in [5.74, 6) is 1.35. The molecule has 1 fully saturated rings. The van der Waals surface area contributed by atoms with Crippen LogP contribution in [0.2, 0.25) is 0 Å². The fraction of sp³-hybridized carbons (Fsp3) is 0.400. The van der Waals surface area contributed by atoms with Crippen LogP contribution in [0, 0.1) is 12.7 Å². The maximum atomic E-state index is 14.9. The van der Waals surface area contributed by atoms with Gasteiger partial charge in [-0.1, -0.05) is 0 Å². The molecule has 1 saturated heterocycles. The minimum atomic E-state index is -0.583. The number of pyridine rings is 2. The standard InChI is InChI=1S/C25H30FN9O/c1-15(2)35-16(3)29-23-20(35)12-19(30-24(23)36-5)22-18(26)14-28-25(32-22)31-21-7-6-17(13-27-21)34-10-8-33(4)9-11-34/h6-7,12-15H,8-11H2,1-5H3,(H,27,28,31,32). The Balaban J connectivity index is 1.44. The molecular weight excluding hydrogens is 461 g/mol. The van der Waals surface area contributed by atoms with E-state index in [0.29, 0.717) is 22.9 Å². The number of ether oxygens (including phenoxy) is 1. The van der Waals surface area contributed by atoms with Crippen molar-refractivity contribution in [3.05, 3.63) is 42.2 Å². The molecule has 0 spiro atoms. The second-order valence-corrected chi connectivity index (χ2v) is 9.21. The van der Waals surface area contributed by atoms with Crippen molar-refractivity contribution in [1.29, 1.82) is 0 Å². The molecule has 0 radical (unpaired) electrons. The number of hydrogen-bond acceptors (Lipinski definition) is 9. The summed E-state index contributed by atoms with van der Waals surface area (Å²) in [5, 5.41) is 3.07. The predicted octanol–water partition coefficient (Wildman–Crippen LogP) is 3.82. The minimum absolute atomic E-state index is 0.0657. The quantitative estimate of drug-likeness (QED) is 0.432. The van der Waals surface area contributed by atoms with Crippen LogP contribution in [0.1, 0.15) is 25.7 Å². The number of piperazine rings is 1. The van der Waals surface area contributed by atoms with Crippen molar-refractivity contribution in [2.75, 3.05) is 50.6 Å². The number of nitrogens with one attached hydrogen (secondary N) is 1. The molecule has 11 heteroatoms. The largest absolute Gasteiger partial charge is 0.479 e. The predicted molar refractivity (Wildman–Crippen MR) is 137 cm³/mol. The zero-order valence-electron chi connectivity index (χ0n) is 21.2. The monoisotopic (exact) mass is 491 g/mol. The lowest BCUT2D eigenvalue weighted by atomic mass is 10.2. The third-order valence-corrected chi connectivity index (χ3v) is 6.38. The van der Waals surface area contributed by atoms with Gasteiger partial charge >= 0.3 is 0 Å². The van der Waals surface area contributed by atoms with Crippen molar-refractivity contribution in [3.63, 3.8) is 0 Å². The number of aryl methyl sites for hydroxylation is 1. The van der Waals surface area contributed by atoms with Crippen molar-refractivity contribution in [2.45, 2.75) is 26.8 Å². The molecule has 1 aliphatic heterocycles. The lowest BCUT2D eigenvalue weighted by Gasteiger charge is -2.33. The van der Waals surface area contributed by atoms with Gasteiger partial charge in [0.25, 0.3) is 0 Å². The van der Waals surface area contributed by atoms with Gasteiger partial charge in [-0.3, -0.25) is 0 Å². The van der Waals surface area contributed by atoms with Crippen molar-refractivity contribution < 1.29 is 9.13 Å². The highest BCUT2D eigenvalue weighted by atomic mass is 19.1. The number of imidazole rings is 1. The average molecular weight is 492 g/mol. The van der Waals surface area contributed by atoms with Crippen molar-refractivity contribution in [1.82, 2.24) is 34.4 Å². The Labute approximate surface area is 209 Å². The molecule has 5 rings (SSSR count). The fourth-order valence-electron chi connectivity index (χ4n) is 4.53. The SMILES string of the molecule is COc1nc(-c2nc(Nc3ccc(N4CCN(C)CC4)cn3)ncc2F)cc2c1nc(C)n2C(C)C. The summed E-state index contributed by atoms with van der Waals surface area (Å²) in [7, 11) is 3.65. The molecule has 36 heavy (non-hydrogen) atoms. The van der Waals surface area contributed by atoms with Crippen LogP contribution in [-0.2, 0) is 0 Å². The molecule has 188 valence electrons. The van der Waals surface area contributed by atoms with Crippen LogP contribution in [0.3, 0.4) is 0 Å². The Morgan fingerprint density at radius 3 is 2.47 bits per heavy atom. The van der Waals surface area contributed by atoms with Crippen LogP contribution in [0.25, 0.3) is 22.4 Å². The number of methoxy groups -OCH3 is 1. The van der Waals surface area contributed by atoms with Gasteiger partial charge in [0.2, 0.25) is 11.8 Å². The Kier molecular flexibility index (Phi) is 6.40. The van der Waals surface area contributed by atoms with Crippen LogP contribution >= 0.6 is 0 Å². The van der Waals surface area contributed by atoms with Crippen molar-refractivity contribution in [3.8, 4) is 17.3 Å². The number of halogens is 1. The fourth-order valence-corrected chi connectivity index (χ4v) is 4.53. The van der Waals surface area contributed by atoms with E-state index in [2.05, 4.69) is 65.5 Å². The molecule has 0 amide bonds. The Hall–Kier alpha value is -3.86. The molecule has 0 unspecified atom stereocenters. The van der Waals surface area contributed by atoms with Gasteiger partial charge < -0.3 is 24.4 Å². The molecule has 0 aliphatic carbocycles.